The van der Waals surface area contributed by atoms with Gasteiger partial charge in [0.1, 0.15) is 0 Å². The van der Waals surface area contributed by atoms with E-state index in [1.54, 1.807) is 0 Å². The van der Waals surface area contributed by atoms with Crippen LogP contribution in [0.5, 0.6) is 0 Å². The molecule has 0 rings (SSSR count). The van der Waals surface area contributed by atoms with Crippen molar-refractivity contribution in [1.29, 1.82) is 0 Å². The van der Waals surface area contributed by atoms with Crippen molar-refractivity contribution in [2.45, 2.75) is 12.2 Å². The fourth-order valence-corrected chi connectivity index (χ4v) is 0.270. The second-order valence-electron chi connectivity index (χ2n) is 1.57. The molecule has 0 amide bonds. The Kier molecular flexibility index (Phi) is 14.1. The van der Waals surface area contributed by atoms with Crippen molar-refractivity contribution >= 4 is 87.8 Å². The molecule has 0 aromatic carbocycles. The van der Waals surface area contributed by atoms with E-state index >= 15 is 0 Å². The number of aliphatic carboxylic acids is 2. The van der Waals surface area contributed by atoms with Crippen molar-refractivity contribution in [1.82, 2.24) is 0 Å². The van der Waals surface area contributed by atoms with Crippen LogP contribution in [0, 0.1) is 0 Å². The van der Waals surface area contributed by atoms with Crippen molar-refractivity contribution in [2.75, 3.05) is 0 Å². The van der Waals surface area contributed by atoms with Gasteiger partial charge < -0.3 is 20.4 Å². The van der Waals surface area contributed by atoms with Gasteiger partial charge in [0.2, 0.25) is 0 Å². The fraction of sp³-hybridized carbons (Fsp3) is 0.500. The van der Waals surface area contributed by atoms with E-state index in [4.69, 9.17) is 20.4 Å². The standard InChI is InChI=1S/C4H6O6.K.Sb.4H/c5-1(3(7)8)2(6)4(9)10;;;;;;/h1-2,5-6H,(H,7,8)(H,9,10);;;;;;. The van der Waals surface area contributed by atoms with Crippen LogP contribution in [0.25, 0.3) is 0 Å². The predicted molar refractivity (Wildman–Crippen MR) is 44.4 cm³/mol. The van der Waals surface area contributed by atoms with Crippen LogP contribution in [0.3, 0.4) is 0 Å². The maximum absolute atomic E-state index is 9.77. The number of carbonyl (C=O) groups is 2. The molecule has 0 bridgehead atoms. The predicted octanol–water partition coefficient (Wildman–Crippen LogP) is -3.95. The monoisotopic (exact) mass is 314 g/mol. The van der Waals surface area contributed by atoms with Gasteiger partial charge in [0, 0.05) is 0 Å². The van der Waals surface area contributed by atoms with Gasteiger partial charge in [0.25, 0.3) is 0 Å². The molecule has 8 heteroatoms. The van der Waals surface area contributed by atoms with Crippen molar-refractivity contribution in [2.24, 2.45) is 0 Å². The number of hydrogen-bond donors (Lipinski definition) is 4. The molecule has 6 nitrogen and oxygen atoms in total. The van der Waals surface area contributed by atoms with Gasteiger partial charge in [-0.15, -0.1) is 0 Å². The Hall–Kier alpha value is 1.31. The molecule has 2 unspecified atom stereocenters. The average Bonchev–Trinajstić information content (AvgIpc) is 1.84. The van der Waals surface area contributed by atoms with Crippen molar-refractivity contribution in [3.05, 3.63) is 0 Å². The Morgan fingerprint density at radius 2 is 1.08 bits per heavy atom. The molecule has 0 aliphatic rings. The minimum atomic E-state index is -2.27. The number of aliphatic hydroxyl groups excluding tert-OH is 2. The van der Waals surface area contributed by atoms with E-state index in [1.165, 1.54) is 0 Å². The van der Waals surface area contributed by atoms with E-state index in [1.807, 2.05) is 0 Å². The molecular formula is C4H10KO6Sb. The van der Waals surface area contributed by atoms with Gasteiger partial charge in [-0.1, -0.05) is 0 Å². The summed E-state index contributed by atoms with van der Waals surface area (Å²) in [7, 11) is 0. The third-order valence-corrected chi connectivity index (χ3v) is 0.805. The Bertz CT molecular complexity index is 144. The molecule has 68 valence electrons. The zero-order chi connectivity index (χ0) is 8.31. The van der Waals surface area contributed by atoms with E-state index in [9.17, 15) is 9.59 Å². The minimum absolute atomic E-state index is 0. The maximum atomic E-state index is 9.77. The zero-order valence-corrected chi connectivity index (χ0v) is 9.50. The molecule has 0 fully saturated rings. The molecule has 12 heavy (non-hydrogen) atoms. The van der Waals surface area contributed by atoms with E-state index in [0.29, 0.717) is 0 Å². The van der Waals surface area contributed by atoms with Crippen molar-refractivity contribution in [3.63, 3.8) is 0 Å². The zero-order valence-electron chi connectivity index (χ0n) is 5.47. The van der Waals surface area contributed by atoms with Crippen LogP contribution >= 0.6 is 0 Å². The number of carboxylic acids is 2. The molecule has 0 radical (unpaired) electrons. The number of aliphatic hydroxyl groups is 2. The molecule has 0 spiro atoms. The van der Waals surface area contributed by atoms with Crippen LogP contribution in [-0.4, -0.2) is 120 Å². The molecular weight excluding hydrogens is 305 g/mol. The van der Waals surface area contributed by atoms with Crippen LogP contribution in [-0.2, 0) is 9.59 Å². The average molecular weight is 315 g/mol. The van der Waals surface area contributed by atoms with Gasteiger partial charge in [-0.3, -0.25) is 0 Å². The molecule has 0 saturated heterocycles. The number of rotatable bonds is 3. The molecule has 0 heterocycles. The van der Waals surface area contributed by atoms with Gasteiger partial charge in [-0.05, 0) is 0 Å². The first kappa shape index (κ1) is 19.0. The van der Waals surface area contributed by atoms with E-state index in [-0.39, 0.29) is 75.8 Å². The quantitative estimate of drug-likeness (QED) is 0.395. The summed E-state index contributed by atoms with van der Waals surface area (Å²) in [4.78, 5) is 19.5. The van der Waals surface area contributed by atoms with Crippen LogP contribution in [0.2, 0.25) is 0 Å². The van der Waals surface area contributed by atoms with Gasteiger partial charge in [0.05, 0.1) is 0 Å². The van der Waals surface area contributed by atoms with Crippen molar-refractivity contribution < 1.29 is 30.0 Å². The molecule has 0 aromatic heterocycles. The third-order valence-electron chi connectivity index (χ3n) is 0.805. The molecule has 4 N–H and O–H groups in total. The summed E-state index contributed by atoms with van der Waals surface area (Å²) in [6.45, 7) is 0. The van der Waals surface area contributed by atoms with E-state index < -0.39 is 24.1 Å². The Balaban J connectivity index is -0.000000405. The Labute approximate surface area is 128 Å². The summed E-state index contributed by atoms with van der Waals surface area (Å²) in [5, 5.41) is 32.5. The van der Waals surface area contributed by atoms with Gasteiger partial charge in [-0.2, -0.15) is 0 Å². The number of carboxylic acid groups (broad SMARTS) is 2. The van der Waals surface area contributed by atoms with Crippen LogP contribution in [0.1, 0.15) is 0 Å². The first-order valence-corrected chi connectivity index (χ1v) is 2.28. The van der Waals surface area contributed by atoms with Crippen LogP contribution in [0.4, 0.5) is 0 Å². The molecule has 0 saturated carbocycles. The molecule has 0 aliphatic heterocycles. The Morgan fingerprint density at radius 3 is 1.17 bits per heavy atom. The first-order chi connectivity index (χ1) is 4.46. The topological polar surface area (TPSA) is 115 Å². The molecule has 0 aromatic rings. The molecule has 2 atom stereocenters. The Morgan fingerprint density at radius 1 is 0.917 bits per heavy atom. The van der Waals surface area contributed by atoms with Gasteiger partial charge in [-0.25, -0.2) is 9.59 Å². The second kappa shape index (κ2) is 8.89. The third kappa shape index (κ3) is 6.79. The summed E-state index contributed by atoms with van der Waals surface area (Å²) in [5.74, 6) is -3.54. The van der Waals surface area contributed by atoms with Crippen LogP contribution < -0.4 is 0 Å². The first-order valence-electron chi connectivity index (χ1n) is 2.28. The number of hydrogen-bond acceptors (Lipinski definition) is 4. The van der Waals surface area contributed by atoms with Gasteiger partial charge in [0.15, 0.2) is 12.2 Å². The SMILES string of the molecule is O=C(O)C(O)C(O)C(=O)O.[KH].[SbH3]. The van der Waals surface area contributed by atoms with E-state index in [0.717, 1.165) is 0 Å². The summed E-state index contributed by atoms with van der Waals surface area (Å²) >= 11 is 0. The summed E-state index contributed by atoms with van der Waals surface area (Å²) in [6.07, 6.45) is -4.53. The molecule has 0 aliphatic carbocycles. The van der Waals surface area contributed by atoms with Crippen LogP contribution in [0.15, 0.2) is 0 Å². The van der Waals surface area contributed by atoms with E-state index in [2.05, 4.69) is 0 Å². The van der Waals surface area contributed by atoms with Gasteiger partial charge >= 0.3 is 87.8 Å². The normalized spacial score (nSPS) is 13.2. The van der Waals surface area contributed by atoms with Crippen molar-refractivity contribution in [3.8, 4) is 0 Å². The fourth-order valence-electron chi connectivity index (χ4n) is 0.270. The summed E-state index contributed by atoms with van der Waals surface area (Å²) < 4.78 is 0. The summed E-state index contributed by atoms with van der Waals surface area (Å²) in [6, 6.07) is 0. The summed E-state index contributed by atoms with van der Waals surface area (Å²) in [5.41, 5.74) is 0. The second-order valence-corrected chi connectivity index (χ2v) is 1.57.